The number of anilines is 4. The third-order valence-corrected chi connectivity index (χ3v) is 11.2. The molecule has 2 aliphatic rings. The van der Waals surface area contributed by atoms with E-state index in [1.807, 2.05) is 57.4 Å². The van der Waals surface area contributed by atoms with Gasteiger partial charge in [0.15, 0.2) is 5.82 Å². The summed E-state index contributed by atoms with van der Waals surface area (Å²) in [6.45, 7) is 7.49. The lowest BCUT2D eigenvalue weighted by Gasteiger charge is -2.29. The fourth-order valence-corrected chi connectivity index (χ4v) is 7.86. The Balaban J connectivity index is 0.782. The Labute approximate surface area is 362 Å². The molecule has 0 radical (unpaired) electrons. The van der Waals surface area contributed by atoms with Crippen LogP contribution in [0.3, 0.4) is 0 Å². The van der Waals surface area contributed by atoms with Crippen molar-refractivity contribution >= 4 is 63.7 Å². The van der Waals surface area contributed by atoms with Crippen molar-refractivity contribution in [1.29, 1.82) is 0 Å². The first kappa shape index (κ1) is 42.3. The minimum absolute atomic E-state index is 0.169. The zero-order valence-corrected chi connectivity index (χ0v) is 35.3. The third-order valence-electron chi connectivity index (χ3n) is 11.2. The summed E-state index contributed by atoms with van der Waals surface area (Å²) in [4.78, 5) is 73.0. The van der Waals surface area contributed by atoms with E-state index in [-0.39, 0.29) is 48.9 Å². The number of nitrogen functional groups attached to an aromatic ring is 1. The number of unbranched alkanes of at least 4 members (excludes halogenated alkanes) is 2. The van der Waals surface area contributed by atoms with Gasteiger partial charge in [-0.1, -0.05) is 49.3 Å². The Bertz CT molecular complexity index is 2690. The molecule has 19 nitrogen and oxygen atoms in total. The molecule has 326 valence electrons. The van der Waals surface area contributed by atoms with Crippen molar-refractivity contribution in [1.82, 2.24) is 44.9 Å². The van der Waals surface area contributed by atoms with Crippen molar-refractivity contribution in [2.24, 2.45) is 0 Å². The van der Waals surface area contributed by atoms with Crippen molar-refractivity contribution in [3.05, 3.63) is 89.8 Å². The lowest BCUT2D eigenvalue weighted by Crippen LogP contribution is -2.52. The van der Waals surface area contributed by atoms with Gasteiger partial charge in [0.1, 0.15) is 29.6 Å². The van der Waals surface area contributed by atoms with Gasteiger partial charge in [-0.05, 0) is 68.4 Å². The summed E-state index contributed by atoms with van der Waals surface area (Å²) in [5.41, 5.74) is 11.8. The quantitative estimate of drug-likeness (QED) is 0.0608. The zero-order valence-electron chi connectivity index (χ0n) is 35.3. The number of aryl methyl sites for hydroxylation is 3. The van der Waals surface area contributed by atoms with Gasteiger partial charge in [-0.3, -0.25) is 34.5 Å². The lowest BCUT2D eigenvalue weighted by atomic mass is 9.93. The number of rotatable bonds is 15. The second kappa shape index (κ2) is 17.9. The number of nitrogens with two attached hydrogens (primary N) is 1. The van der Waals surface area contributed by atoms with Crippen LogP contribution in [-0.2, 0) is 45.9 Å². The van der Waals surface area contributed by atoms with Crippen LogP contribution >= 0.6 is 0 Å². The highest BCUT2D eigenvalue weighted by Crippen LogP contribution is 2.35. The molecular weight excluding hydrogens is 807 g/mol. The first-order valence-electron chi connectivity index (χ1n) is 21.0. The Kier molecular flexibility index (Phi) is 12.0. The monoisotopic (exact) mass is 855 g/mol. The van der Waals surface area contributed by atoms with Gasteiger partial charge in [-0.15, -0.1) is 5.10 Å². The second-order valence-electron chi connectivity index (χ2n) is 16.8. The molecule has 19 heteroatoms. The number of nitrogens with zero attached hydrogens (tertiary/aromatic N) is 8. The number of carbonyl (C=O) groups excluding carboxylic acids is 5. The van der Waals surface area contributed by atoms with Gasteiger partial charge in [0, 0.05) is 84.4 Å². The van der Waals surface area contributed by atoms with E-state index >= 15 is 0 Å². The van der Waals surface area contributed by atoms with Crippen LogP contribution in [0.1, 0.15) is 93.1 Å². The number of carbonyl (C=O) groups is 5. The van der Waals surface area contributed by atoms with E-state index in [9.17, 15) is 24.0 Å². The van der Waals surface area contributed by atoms with Crippen molar-refractivity contribution in [3.63, 3.8) is 0 Å². The molecule has 0 spiro atoms. The summed E-state index contributed by atoms with van der Waals surface area (Å²) in [5, 5.41) is 24.1. The molecule has 0 saturated carbocycles. The van der Waals surface area contributed by atoms with E-state index in [1.165, 1.54) is 11.2 Å². The predicted octanol–water partition coefficient (Wildman–Crippen LogP) is 5.79. The molecule has 1 fully saturated rings. The first-order chi connectivity index (χ1) is 30.3. The van der Waals surface area contributed by atoms with Gasteiger partial charge in [0.05, 0.1) is 11.1 Å². The molecule has 0 aliphatic carbocycles. The first-order valence-corrected chi connectivity index (χ1v) is 21.0. The number of fused-ring (bicyclic) bond motifs is 2. The Hall–Kier alpha value is -7.44. The number of aromatic nitrogens is 7. The number of benzene rings is 2. The maximum atomic E-state index is 13.1. The van der Waals surface area contributed by atoms with Crippen molar-refractivity contribution in [3.8, 4) is 11.1 Å². The summed E-state index contributed by atoms with van der Waals surface area (Å²) >= 11 is 0. The van der Waals surface area contributed by atoms with Crippen molar-refractivity contribution < 1.29 is 28.5 Å². The van der Waals surface area contributed by atoms with E-state index in [0.717, 1.165) is 53.5 Å². The molecule has 6 N–H and O–H groups in total. The Morgan fingerprint density at radius 1 is 0.937 bits per heavy atom. The Morgan fingerprint density at radius 2 is 1.75 bits per heavy atom. The number of piperidine rings is 1. The summed E-state index contributed by atoms with van der Waals surface area (Å²) < 4.78 is 9.23. The minimum Gasteiger partial charge on any atom is -0.383 e. The second-order valence-corrected chi connectivity index (χ2v) is 16.8. The zero-order chi connectivity index (χ0) is 44.3. The SMILES string of the molecule is CC(C)(C)c1cc(NC(=O)Nc2ccc(-c3cn(CCCCc4cn(CCCCC(=O)Nc5cccc6c5CN(C5CCC(=O)NC5=O)C6=O)nn4)c4ncnc(N)c34)cc2)no1. The van der Waals surface area contributed by atoms with Crippen LogP contribution in [0.2, 0.25) is 0 Å². The van der Waals surface area contributed by atoms with E-state index in [0.29, 0.717) is 59.4 Å². The number of hydrogen-bond donors (Lipinski definition) is 5. The fourth-order valence-electron chi connectivity index (χ4n) is 7.86. The van der Waals surface area contributed by atoms with Crippen LogP contribution in [0.5, 0.6) is 0 Å². The lowest BCUT2D eigenvalue weighted by molar-refractivity contribution is -0.137. The van der Waals surface area contributed by atoms with Crippen LogP contribution in [-0.4, -0.2) is 75.3 Å². The van der Waals surface area contributed by atoms with Gasteiger partial charge >= 0.3 is 6.03 Å². The molecule has 63 heavy (non-hydrogen) atoms. The van der Waals surface area contributed by atoms with Crippen LogP contribution in [0.15, 0.2) is 71.8 Å². The van der Waals surface area contributed by atoms with Gasteiger partial charge in [-0.25, -0.2) is 14.8 Å². The molecule has 1 saturated heterocycles. The largest absolute Gasteiger partial charge is 0.383 e. The number of imide groups is 1. The number of urea groups is 1. The maximum absolute atomic E-state index is 13.1. The molecule has 2 aliphatic heterocycles. The molecule has 8 rings (SSSR count). The molecule has 6 aromatic rings. The highest BCUT2D eigenvalue weighted by molar-refractivity contribution is 6.07. The summed E-state index contributed by atoms with van der Waals surface area (Å²) in [7, 11) is 0. The number of amides is 6. The van der Waals surface area contributed by atoms with Crippen LogP contribution in [0.25, 0.3) is 22.2 Å². The Morgan fingerprint density at radius 3 is 2.52 bits per heavy atom. The topological polar surface area (TPSA) is 250 Å². The van der Waals surface area contributed by atoms with Crippen LogP contribution in [0, 0.1) is 0 Å². The number of nitrogens with one attached hydrogen (secondary N) is 4. The van der Waals surface area contributed by atoms with Gasteiger partial charge in [0.2, 0.25) is 17.7 Å². The average molecular weight is 856 g/mol. The van der Waals surface area contributed by atoms with E-state index in [1.54, 1.807) is 28.9 Å². The maximum Gasteiger partial charge on any atom is 0.324 e. The summed E-state index contributed by atoms with van der Waals surface area (Å²) in [6.07, 6.45) is 9.97. The molecule has 1 atom stereocenters. The van der Waals surface area contributed by atoms with Gasteiger partial charge in [-0.2, -0.15) is 0 Å². The fraction of sp³-hybridized carbons (Fsp3) is 0.364. The standard InChI is InChI=1S/C44H49N13O6/c1-44(2,3)34-21-35(53-63-34)50-43(62)48-27-15-13-26(14-16-27)30-23-55(40-38(30)39(45)46-25-47-40)19-6-4-9-28-22-56(54-52-28)20-7-5-12-36(58)49-32-11-8-10-29-31(32)24-57(42(29)61)33-17-18-37(59)51-41(33)60/h8,10-11,13-16,21-23,25,33H,4-7,9,12,17-20,24H2,1-3H3,(H,49,58)(H2,45,46,47)(H,51,59,60)(H2,48,50,53,62). The molecule has 4 aromatic heterocycles. The van der Waals surface area contributed by atoms with Crippen molar-refractivity contribution in [2.75, 3.05) is 21.7 Å². The molecule has 6 amide bonds. The normalized spacial score (nSPS) is 15.1. The molecule has 0 bridgehead atoms. The number of hydrogen-bond acceptors (Lipinski definition) is 12. The average Bonchev–Trinajstić information content (AvgIpc) is 4.06. The van der Waals surface area contributed by atoms with E-state index in [4.69, 9.17) is 10.3 Å². The van der Waals surface area contributed by atoms with Crippen molar-refractivity contribution in [2.45, 2.75) is 103 Å². The highest BCUT2D eigenvalue weighted by atomic mass is 16.5. The smallest absolute Gasteiger partial charge is 0.324 e. The van der Waals surface area contributed by atoms with Gasteiger partial charge in [0.25, 0.3) is 5.91 Å². The summed E-state index contributed by atoms with van der Waals surface area (Å²) in [5.74, 6) is 0.105. The molecule has 1 unspecified atom stereocenters. The summed E-state index contributed by atoms with van der Waals surface area (Å²) in [6, 6.07) is 13.2. The molecule has 6 heterocycles. The molecular formula is C44H49N13O6. The predicted molar refractivity (Wildman–Crippen MR) is 233 cm³/mol. The van der Waals surface area contributed by atoms with E-state index in [2.05, 4.69) is 51.3 Å². The van der Waals surface area contributed by atoms with Crippen LogP contribution < -0.4 is 27.0 Å². The van der Waals surface area contributed by atoms with Crippen LogP contribution in [0.4, 0.5) is 27.8 Å². The minimum atomic E-state index is -0.723. The molecule has 2 aromatic carbocycles. The third kappa shape index (κ3) is 9.56. The highest BCUT2D eigenvalue weighted by Gasteiger charge is 2.40. The van der Waals surface area contributed by atoms with Gasteiger partial charge < -0.3 is 30.4 Å². The van der Waals surface area contributed by atoms with E-state index < -0.39 is 18.0 Å².